The second-order valence-electron chi connectivity index (χ2n) is 6.35. The van der Waals surface area contributed by atoms with Gasteiger partial charge in [0.2, 0.25) is 11.8 Å². The summed E-state index contributed by atoms with van der Waals surface area (Å²) < 4.78 is 5.14. The molecule has 3 amide bonds. The Kier molecular flexibility index (Phi) is 9.82. The number of unbranched alkanes of at least 4 members (excludes halogenated alkanes) is 1. The number of rotatable bonds is 10. The minimum atomic E-state index is -0.776. The topological polar surface area (TPSA) is 96.5 Å². The average Bonchev–Trinajstić information content (AvgIpc) is 2.63. The van der Waals surface area contributed by atoms with Crippen LogP contribution in [0, 0.1) is 5.92 Å². The van der Waals surface area contributed by atoms with E-state index >= 15 is 0 Å². The van der Waals surface area contributed by atoms with Gasteiger partial charge in [0.15, 0.2) is 0 Å². The minimum absolute atomic E-state index is 0.119. The van der Waals surface area contributed by atoms with Crippen LogP contribution in [0.4, 0.5) is 4.79 Å². The molecule has 0 aliphatic carbocycles. The van der Waals surface area contributed by atoms with E-state index in [1.54, 1.807) is 0 Å². The number of hydrogen-bond acceptors (Lipinski definition) is 4. The maximum Gasteiger partial charge on any atom is 0.408 e. The van der Waals surface area contributed by atoms with Gasteiger partial charge in [-0.2, -0.15) is 0 Å². The van der Waals surface area contributed by atoms with Crippen LogP contribution in [-0.2, 0) is 20.9 Å². The first-order valence-corrected chi connectivity index (χ1v) is 8.95. The Morgan fingerprint density at radius 1 is 1.08 bits per heavy atom. The summed E-state index contributed by atoms with van der Waals surface area (Å²) in [6, 6.07) is 8.50. The van der Waals surface area contributed by atoms with Crippen molar-refractivity contribution in [3.63, 3.8) is 0 Å². The van der Waals surface area contributed by atoms with Gasteiger partial charge in [0.1, 0.15) is 12.6 Å². The molecule has 0 aliphatic rings. The third-order valence-electron chi connectivity index (χ3n) is 3.71. The first-order valence-electron chi connectivity index (χ1n) is 8.95. The van der Waals surface area contributed by atoms with Crippen molar-refractivity contribution in [2.24, 2.45) is 5.92 Å². The normalized spacial score (nSPS) is 11.5. The van der Waals surface area contributed by atoms with Gasteiger partial charge < -0.3 is 20.7 Å². The molecule has 7 nitrogen and oxygen atoms in total. The SMILES string of the molecule is CCCCNC(=O)CNC(=O)C(NC(=O)OCc1ccccc1)C(C)C. The van der Waals surface area contributed by atoms with E-state index in [0.717, 1.165) is 18.4 Å². The second-order valence-corrected chi connectivity index (χ2v) is 6.35. The molecule has 7 heteroatoms. The third kappa shape index (κ3) is 8.50. The highest BCUT2D eigenvalue weighted by Gasteiger charge is 2.25. The predicted octanol–water partition coefficient (Wildman–Crippen LogP) is 1.97. The van der Waals surface area contributed by atoms with Crippen LogP contribution in [-0.4, -0.2) is 37.0 Å². The highest BCUT2D eigenvalue weighted by molar-refractivity contribution is 5.89. The van der Waals surface area contributed by atoms with Crippen LogP contribution in [0.1, 0.15) is 39.2 Å². The fourth-order valence-corrected chi connectivity index (χ4v) is 2.17. The Morgan fingerprint density at radius 3 is 2.38 bits per heavy atom. The Bertz CT molecular complexity index is 575. The predicted molar refractivity (Wildman–Crippen MR) is 99.3 cm³/mol. The van der Waals surface area contributed by atoms with Gasteiger partial charge in [-0.05, 0) is 17.9 Å². The van der Waals surface area contributed by atoms with Gasteiger partial charge in [-0.1, -0.05) is 57.5 Å². The number of hydrogen-bond donors (Lipinski definition) is 3. The largest absolute Gasteiger partial charge is 0.445 e. The zero-order chi connectivity index (χ0) is 19.4. The van der Waals surface area contributed by atoms with Crippen molar-refractivity contribution in [3.8, 4) is 0 Å². The maximum atomic E-state index is 12.3. The maximum absolute atomic E-state index is 12.3. The van der Waals surface area contributed by atoms with Gasteiger partial charge in [-0.15, -0.1) is 0 Å². The van der Waals surface area contributed by atoms with Crippen LogP contribution in [0.5, 0.6) is 0 Å². The molecule has 0 bridgehead atoms. The van der Waals surface area contributed by atoms with Crippen LogP contribution >= 0.6 is 0 Å². The molecule has 0 aliphatic heterocycles. The van der Waals surface area contributed by atoms with Gasteiger partial charge in [-0.25, -0.2) is 4.79 Å². The van der Waals surface area contributed by atoms with Gasteiger partial charge in [0, 0.05) is 6.54 Å². The summed E-state index contributed by atoms with van der Waals surface area (Å²) >= 11 is 0. The number of carbonyl (C=O) groups is 3. The first kappa shape index (κ1) is 21.5. The fraction of sp³-hybridized carbons (Fsp3) is 0.526. The molecule has 0 saturated carbocycles. The monoisotopic (exact) mass is 363 g/mol. The van der Waals surface area contributed by atoms with E-state index in [9.17, 15) is 14.4 Å². The van der Waals surface area contributed by atoms with Gasteiger partial charge in [0.25, 0.3) is 0 Å². The summed E-state index contributed by atoms with van der Waals surface area (Å²) in [6.45, 7) is 6.24. The molecular formula is C19H29N3O4. The molecule has 0 aromatic heterocycles. The third-order valence-corrected chi connectivity index (χ3v) is 3.71. The van der Waals surface area contributed by atoms with Crippen molar-refractivity contribution in [1.82, 2.24) is 16.0 Å². The number of amides is 3. The highest BCUT2D eigenvalue weighted by Crippen LogP contribution is 2.04. The summed E-state index contributed by atoms with van der Waals surface area (Å²) in [5.41, 5.74) is 0.858. The molecule has 1 aromatic rings. The summed E-state index contributed by atoms with van der Waals surface area (Å²) in [7, 11) is 0. The van der Waals surface area contributed by atoms with Crippen LogP contribution < -0.4 is 16.0 Å². The standard InChI is InChI=1S/C19H29N3O4/c1-4-5-11-20-16(23)12-21-18(24)17(14(2)3)22-19(25)26-13-15-9-7-6-8-10-15/h6-10,14,17H,4-5,11-13H2,1-3H3,(H,20,23)(H,21,24)(H,22,25). The van der Waals surface area contributed by atoms with Crippen molar-refractivity contribution < 1.29 is 19.1 Å². The molecule has 1 atom stereocenters. The first-order chi connectivity index (χ1) is 12.4. The minimum Gasteiger partial charge on any atom is -0.445 e. The number of alkyl carbamates (subject to hydrolysis) is 1. The molecule has 0 saturated heterocycles. The lowest BCUT2D eigenvalue weighted by Gasteiger charge is -2.21. The second kappa shape index (κ2) is 11.9. The summed E-state index contributed by atoms with van der Waals surface area (Å²) in [4.78, 5) is 35.9. The van der Waals surface area contributed by atoms with Crippen LogP contribution in [0.2, 0.25) is 0 Å². The Balaban J connectivity index is 2.42. The van der Waals surface area contributed by atoms with Crippen molar-refractivity contribution >= 4 is 17.9 Å². The van der Waals surface area contributed by atoms with Crippen LogP contribution in [0.15, 0.2) is 30.3 Å². The molecule has 0 fully saturated rings. The van der Waals surface area contributed by atoms with Gasteiger partial charge in [0.05, 0.1) is 6.54 Å². The molecule has 0 heterocycles. The van der Waals surface area contributed by atoms with Crippen molar-refractivity contribution in [1.29, 1.82) is 0 Å². The molecule has 0 radical (unpaired) electrons. The molecule has 1 aromatic carbocycles. The Morgan fingerprint density at radius 2 is 1.77 bits per heavy atom. The zero-order valence-electron chi connectivity index (χ0n) is 15.7. The Labute approximate surface area is 154 Å². The average molecular weight is 363 g/mol. The summed E-state index contributed by atoms with van der Waals surface area (Å²) in [5, 5.41) is 7.83. The molecule has 0 spiro atoms. The fourth-order valence-electron chi connectivity index (χ4n) is 2.17. The number of nitrogens with one attached hydrogen (secondary N) is 3. The van der Waals surface area contributed by atoms with E-state index in [4.69, 9.17) is 4.74 Å². The molecule has 3 N–H and O–H groups in total. The van der Waals surface area contributed by atoms with E-state index in [1.165, 1.54) is 0 Å². The van der Waals surface area contributed by atoms with Crippen molar-refractivity contribution in [2.45, 2.75) is 46.3 Å². The van der Waals surface area contributed by atoms with Crippen molar-refractivity contribution in [2.75, 3.05) is 13.1 Å². The molecule has 144 valence electrons. The molecule has 1 rings (SSSR count). The lowest BCUT2D eigenvalue weighted by atomic mass is 10.0. The smallest absolute Gasteiger partial charge is 0.408 e. The lowest BCUT2D eigenvalue weighted by Crippen LogP contribution is -2.51. The number of carbonyl (C=O) groups excluding carboxylic acids is 3. The molecule has 1 unspecified atom stereocenters. The molecular weight excluding hydrogens is 334 g/mol. The zero-order valence-corrected chi connectivity index (χ0v) is 15.7. The van der Waals surface area contributed by atoms with E-state index in [2.05, 4.69) is 16.0 Å². The summed E-state index contributed by atoms with van der Waals surface area (Å²) in [6.07, 6.45) is 1.20. The van der Waals surface area contributed by atoms with Crippen molar-refractivity contribution in [3.05, 3.63) is 35.9 Å². The summed E-state index contributed by atoms with van der Waals surface area (Å²) in [5.74, 6) is -0.814. The number of ether oxygens (including phenoxy) is 1. The van der Waals surface area contributed by atoms with Gasteiger partial charge in [-0.3, -0.25) is 9.59 Å². The van der Waals surface area contributed by atoms with Gasteiger partial charge >= 0.3 is 6.09 Å². The van der Waals surface area contributed by atoms with E-state index in [-0.39, 0.29) is 25.0 Å². The molecule has 26 heavy (non-hydrogen) atoms. The van der Waals surface area contributed by atoms with E-state index < -0.39 is 18.0 Å². The quantitative estimate of drug-likeness (QED) is 0.554. The lowest BCUT2D eigenvalue weighted by molar-refractivity contribution is -0.127. The number of benzene rings is 1. The Hall–Kier alpha value is -2.57. The van der Waals surface area contributed by atoms with E-state index in [1.807, 2.05) is 51.1 Å². The van der Waals surface area contributed by atoms with Crippen LogP contribution in [0.25, 0.3) is 0 Å². The van der Waals surface area contributed by atoms with Crippen LogP contribution in [0.3, 0.4) is 0 Å². The highest BCUT2D eigenvalue weighted by atomic mass is 16.5. The van der Waals surface area contributed by atoms with E-state index in [0.29, 0.717) is 6.54 Å².